The van der Waals surface area contributed by atoms with E-state index in [9.17, 15) is 9.18 Å². The molecule has 3 nitrogen and oxygen atoms in total. The molecule has 0 spiro atoms. The Bertz CT molecular complexity index is 436. The Balaban J connectivity index is 2.81. The molecule has 0 unspecified atom stereocenters. The van der Waals surface area contributed by atoms with E-state index in [4.69, 9.17) is 0 Å². The van der Waals surface area contributed by atoms with Crippen molar-refractivity contribution in [3.63, 3.8) is 0 Å². The number of rotatable bonds is 1. The van der Waals surface area contributed by atoms with E-state index >= 15 is 0 Å². The second kappa shape index (κ2) is 2.41. The van der Waals surface area contributed by atoms with Crippen molar-refractivity contribution in [3.05, 3.63) is 36.2 Å². The first kappa shape index (κ1) is 6.97. The van der Waals surface area contributed by atoms with Gasteiger partial charge in [0.15, 0.2) is 12.1 Å². The Morgan fingerprint density at radius 1 is 1.58 bits per heavy atom. The molecule has 2 aromatic rings. The highest BCUT2D eigenvalue weighted by atomic mass is 19.1. The zero-order chi connectivity index (χ0) is 8.55. The predicted molar refractivity (Wildman–Crippen MR) is 40.5 cm³/mol. The van der Waals surface area contributed by atoms with E-state index in [2.05, 4.69) is 4.98 Å². The van der Waals surface area contributed by atoms with E-state index < -0.39 is 0 Å². The van der Waals surface area contributed by atoms with Crippen LogP contribution >= 0.6 is 0 Å². The first-order valence-electron chi connectivity index (χ1n) is 3.39. The lowest BCUT2D eigenvalue weighted by Gasteiger charge is -1.93. The van der Waals surface area contributed by atoms with Gasteiger partial charge in [0, 0.05) is 6.20 Å². The summed E-state index contributed by atoms with van der Waals surface area (Å²) in [6.45, 7) is 0. The van der Waals surface area contributed by atoms with Crippen LogP contribution in [-0.2, 0) is 0 Å². The van der Waals surface area contributed by atoms with Gasteiger partial charge in [-0.1, -0.05) is 0 Å². The summed E-state index contributed by atoms with van der Waals surface area (Å²) < 4.78 is 14.1. The van der Waals surface area contributed by atoms with Crippen molar-refractivity contribution >= 4 is 11.8 Å². The van der Waals surface area contributed by atoms with Gasteiger partial charge in [-0.25, -0.2) is 9.37 Å². The first-order chi connectivity index (χ1) is 5.81. The summed E-state index contributed by atoms with van der Waals surface area (Å²) >= 11 is 0. The number of aldehydes is 1. The average Bonchev–Trinajstić information content (AvgIpc) is 2.46. The number of fused-ring (bicyclic) bond motifs is 1. The van der Waals surface area contributed by atoms with Crippen LogP contribution in [0.1, 0.15) is 10.6 Å². The Hall–Kier alpha value is -1.71. The van der Waals surface area contributed by atoms with Gasteiger partial charge in [-0.05, 0) is 12.1 Å². The molecule has 0 N–H and O–H groups in total. The van der Waals surface area contributed by atoms with Crippen molar-refractivity contribution in [2.24, 2.45) is 0 Å². The predicted octanol–water partition coefficient (Wildman–Crippen LogP) is 1.29. The van der Waals surface area contributed by atoms with E-state index in [1.807, 2.05) is 0 Å². The van der Waals surface area contributed by atoms with Gasteiger partial charge in [0.1, 0.15) is 5.82 Å². The maximum atomic E-state index is 12.6. The fourth-order valence-corrected chi connectivity index (χ4v) is 1.08. The van der Waals surface area contributed by atoms with Crippen LogP contribution in [0.3, 0.4) is 0 Å². The molecule has 0 bridgehead atoms. The molecule has 4 heteroatoms. The summed E-state index contributed by atoms with van der Waals surface area (Å²) in [5.41, 5.74) is 0.581. The molecule has 0 aromatic carbocycles. The van der Waals surface area contributed by atoms with Crippen molar-refractivity contribution in [1.82, 2.24) is 9.38 Å². The third kappa shape index (κ3) is 0.887. The summed E-state index contributed by atoms with van der Waals surface area (Å²) in [4.78, 5) is 14.2. The summed E-state index contributed by atoms with van der Waals surface area (Å²) in [5.74, 6) is -0.0511. The van der Waals surface area contributed by atoms with E-state index in [-0.39, 0.29) is 11.6 Å². The Morgan fingerprint density at radius 3 is 3.17 bits per heavy atom. The minimum atomic E-state index is -0.333. The monoisotopic (exact) mass is 164 g/mol. The maximum Gasteiger partial charge on any atom is 0.185 e. The first-order valence-corrected chi connectivity index (χ1v) is 3.39. The van der Waals surface area contributed by atoms with Crippen molar-refractivity contribution in [2.45, 2.75) is 0 Å². The summed E-state index contributed by atoms with van der Waals surface area (Å²) in [5, 5.41) is 0. The van der Waals surface area contributed by atoms with Gasteiger partial charge in [-0.2, -0.15) is 0 Å². The molecule has 0 fully saturated rings. The minimum absolute atomic E-state index is 0.282. The van der Waals surface area contributed by atoms with Gasteiger partial charge in [0.25, 0.3) is 0 Å². The average molecular weight is 164 g/mol. The van der Waals surface area contributed by atoms with Crippen LogP contribution in [0.15, 0.2) is 24.5 Å². The highest BCUT2D eigenvalue weighted by Crippen LogP contribution is 2.06. The summed E-state index contributed by atoms with van der Waals surface area (Å²) in [7, 11) is 0. The molecule has 0 amide bonds. The molecule has 60 valence electrons. The van der Waals surface area contributed by atoms with Crippen LogP contribution in [0.2, 0.25) is 0 Å². The molecule has 12 heavy (non-hydrogen) atoms. The number of halogens is 1. The number of carbonyl (C=O) groups excluding carboxylic acids is 1. The van der Waals surface area contributed by atoms with Crippen LogP contribution in [0.5, 0.6) is 0 Å². The molecule has 0 aliphatic rings. The number of hydrogen-bond donors (Lipinski definition) is 0. The number of imidazole rings is 1. The van der Waals surface area contributed by atoms with E-state index in [1.54, 1.807) is 0 Å². The van der Waals surface area contributed by atoms with Crippen LogP contribution in [0.4, 0.5) is 4.39 Å². The molecule has 2 rings (SSSR count). The van der Waals surface area contributed by atoms with Gasteiger partial charge < -0.3 is 0 Å². The van der Waals surface area contributed by atoms with Crippen molar-refractivity contribution < 1.29 is 9.18 Å². The van der Waals surface area contributed by atoms with Crippen molar-refractivity contribution in [3.8, 4) is 0 Å². The summed E-state index contributed by atoms with van der Waals surface area (Å²) in [6.07, 6.45) is 3.55. The lowest BCUT2D eigenvalue weighted by atomic mass is 10.4. The minimum Gasteiger partial charge on any atom is -0.297 e. The Labute approximate surface area is 67.5 Å². The second-order valence-electron chi connectivity index (χ2n) is 2.37. The third-order valence-corrected chi connectivity index (χ3v) is 1.63. The molecule has 0 aliphatic heterocycles. The van der Waals surface area contributed by atoms with Crippen LogP contribution in [-0.4, -0.2) is 15.7 Å². The SMILES string of the molecule is O=Cc1ncc2cc(F)ccn12. The molecule has 0 atom stereocenters. The standard InChI is InChI=1S/C8H5FN2O/c9-6-1-2-11-7(3-6)4-10-8(11)5-12/h1-5H. The lowest BCUT2D eigenvalue weighted by Crippen LogP contribution is -1.91. The van der Waals surface area contributed by atoms with Gasteiger partial charge in [0.2, 0.25) is 0 Å². The number of nitrogens with zero attached hydrogens (tertiary/aromatic N) is 2. The molecule has 0 radical (unpaired) electrons. The zero-order valence-corrected chi connectivity index (χ0v) is 6.07. The highest BCUT2D eigenvalue weighted by Gasteiger charge is 2.01. The fourth-order valence-electron chi connectivity index (χ4n) is 1.08. The van der Waals surface area contributed by atoms with Crippen LogP contribution in [0, 0.1) is 5.82 Å². The van der Waals surface area contributed by atoms with Gasteiger partial charge in [0.05, 0.1) is 11.7 Å². The van der Waals surface area contributed by atoms with E-state index in [0.717, 1.165) is 0 Å². The molecular weight excluding hydrogens is 159 g/mol. The van der Waals surface area contributed by atoms with E-state index in [0.29, 0.717) is 11.8 Å². The smallest absolute Gasteiger partial charge is 0.185 e. The highest BCUT2D eigenvalue weighted by molar-refractivity contribution is 5.72. The number of carbonyl (C=O) groups is 1. The fraction of sp³-hybridized carbons (Fsp3) is 0. The van der Waals surface area contributed by atoms with E-state index in [1.165, 1.54) is 28.9 Å². The molecule has 2 aromatic heterocycles. The maximum absolute atomic E-state index is 12.6. The molecular formula is C8H5FN2O. The van der Waals surface area contributed by atoms with Gasteiger partial charge >= 0.3 is 0 Å². The third-order valence-electron chi connectivity index (χ3n) is 1.63. The normalized spacial score (nSPS) is 10.4. The topological polar surface area (TPSA) is 34.4 Å². The molecule has 2 heterocycles. The number of hydrogen-bond acceptors (Lipinski definition) is 2. The molecule has 0 saturated carbocycles. The number of aromatic nitrogens is 2. The van der Waals surface area contributed by atoms with Crippen LogP contribution in [0.25, 0.3) is 5.52 Å². The largest absolute Gasteiger partial charge is 0.297 e. The lowest BCUT2D eigenvalue weighted by molar-refractivity contribution is 0.111. The molecule has 0 aliphatic carbocycles. The zero-order valence-electron chi connectivity index (χ0n) is 6.07. The number of pyridine rings is 1. The Morgan fingerprint density at radius 2 is 2.42 bits per heavy atom. The second-order valence-corrected chi connectivity index (χ2v) is 2.37. The van der Waals surface area contributed by atoms with Crippen molar-refractivity contribution in [2.75, 3.05) is 0 Å². The van der Waals surface area contributed by atoms with Crippen LogP contribution < -0.4 is 0 Å². The Kier molecular flexibility index (Phi) is 1.40. The quantitative estimate of drug-likeness (QED) is 0.595. The van der Waals surface area contributed by atoms with Gasteiger partial charge in [-0.15, -0.1) is 0 Å². The van der Waals surface area contributed by atoms with Gasteiger partial charge in [-0.3, -0.25) is 9.20 Å². The molecule has 0 saturated heterocycles. The van der Waals surface area contributed by atoms with Crippen molar-refractivity contribution in [1.29, 1.82) is 0 Å². The summed E-state index contributed by atoms with van der Waals surface area (Å²) in [6, 6.07) is 2.60.